The summed E-state index contributed by atoms with van der Waals surface area (Å²) in [5.74, 6) is 1.22. The van der Waals surface area contributed by atoms with Gasteiger partial charge in [0.2, 0.25) is 0 Å². The van der Waals surface area contributed by atoms with Crippen molar-refractivity contribution in [1.29, 1.82) is 5.26 Å². The van der Waals surface area contributed by atoms with Gasteiger partial charge in [0.15, 0.2) is 11.5 Å². The normalized spacial score (nSPS) is 11.1. The summed E-state index contributed by atoms with van der Waals surface area (Å²) >= 11 is 15.4. The number of hydrogen-bond donors (Lipinski definition) is 0. The van der Waals surface area contributed by atoms with Gasteiger partial charge < -0.3 is 9.47 Å². The lowest BCUT2D eigenvalue weighted by Crippen LogP contribution is -1.96. The van der Waals surface area contributed by atoms with E-state index in [0.717, 1.165) is 10.0 Å². The fourth-order valence-electron chi connectivity index (χ4n) is 2.14. The Morgan fingerprint density at radius 2 is 2.00 bits per heavy atom. The highest BCUT2D eigenvalue weighted by atomic mass is 79.9. The van der Waals surface area contributed by atoms with Crippen LogP contribution in [-0.2, 0) is 0 Å². The standard InChI is InChI=1S/C18H14BrCl2NO2/c1-3-24-17-8-11(7-14(19)18(17)23-2)6-13(10-22)12-4-5-15(20)16(21)9-12/h4-9H,3H2,1-2H3/b13-6-. The molecule has 0 aliphatic heterocycles. The van der Waals surface area contributed by atoms with Crippen molar-refractivity contribution in [1.82, 2.24) is 0 Å². The number of halogens is 3. The topological polar surface area (TPSA) is 42.2 Å². The van der Waals surface area contributed by atoms with Crippen LogP contribution >= 0.6 is 39.1 Å². The molecule has 0 atom stereocenters. The minimum absolute atomic E-state index is 0.404. The van der Waals surface area contributed by atoms with Gasteiger partial charge in [-0.2, -0.15) is 5.26 Å². The third-order valence-corrected chi connectivity index (χ3v) is 4.53. The van der Waals surface area contributed by atoms with E-state index in [-0.39, 0.29) is 0 Å². The van der Waals surface area contributed by atoms with Gasteiger partial charge in [-0.15, -0.1) is 0 Å². The van der Waals surface area contributed by atoms with E-state index in [2.05, 4.69) is 22.0 Å². The Morgan fingerprint density at radius 1 is 1.25 bits per heavy atom. The highest BCUT2D eigenvalue weighted by Gasteiger charge is 2.11. The molecule has 0 saturated carbocycles. The summed E-state index contributed by atoms with van der Waals surface area (Å²) in [5.41, 5.74) is 1.96. The van der Waals surface area contributed by atoms with Crippen LogP contribution in [0.4, 0.5) is 0 Å². The van der Waals surface area contributed by atoms with E-state index in [1.165, 1.54) is 0 Å². The van der Waals surface area contributed by atoms with Crippen molar-refractivity contribution in [2.75, 3.05) is 13.7 Å². The van der Waals surface area contributed by atoms with Gasteiger partial charge >= 0.3 is 0 Å². The van der Waals surface area contributed by atoms with E-state index in [4.69, 9.17) is 32.7 Å². The largest absolute Gasteiger partial charge is 0.492 e. The molecule has 0 unspecified atom stereocenters. The molecule has 0 bridgehead atoms. The summed E-state index contributed by atoms with van der Waals surface area (Å²) in [7, 11) is 1.58. The second kappa shape index (κ2) is 8.43. The van der Waals surface area contributed by atoms with E-state index in [0.29, 0.717) is 39.3 Å². The first kappa shape index (κ1) is 18.7. The molecule has 24 heavy (non-hydrogen) atoms. The van der Waals surface area contributed by atoms with Gasteiger partial charge in [-0.25, -0.2) is 0 Å². The molecule has 6 heteroatoms. The van der Waals surface area contributed by atoms with E-state index < -0.39 is 0 Å². The molecule has 0 saturated heterocycles. The number of methoxy groups -OCH3 is 1. The van der Waals surface area contributed by atoms with Gasteiger partial charge in [0.25, 0.3) is 0 Å². The smallest absolute Gasteiger partial charge is 0.174 e. The van der Waals surface area contributed by atoms with Gasteiger partial charge in [-0.05, 0) is 64.3 Å². The SMILES string of the molecule is CCOc1cc(/C=C(/C#N)c2ccc(Cl)c(Cl)c2)cc(Br)c1OC. The molecule has 2 rings (SSSR count). The Morgan fingerprint density at radius 3 is 2.58 bits per heavy atom. The Hall–Kier alpha value is -1.67. The summed E-state index contributed by atoms with van der Waals surface area (Å²) in [6, 6.07) is 11.0. The van der Waals surface area contributed by atoms with Gasteiger partial charge in [0, 0.05) is 0 Å². The highest BCUT2D eigenvalue weighted by molar-refractivity contribution is 9.10. The molecule has 2 aromatic carbocycles. The molecule has 0 spiro atoms. The number of nitriles is 1. The number of benzene rings is 2. The Bertz CT molecular complexity index is 828. The monoisotopic (exact) mass is 425 g/mol. The zero-order valence-electron chi connectivity index (χ0n) is 13.1. The molecule has 2 aromatic rings. The van der Waals surface area contributed by atoms with Gasteiger partial charge in [0.1, 0.15) is 0 Å². The van der Waals surface area contributed by atoms with E-state index in [1.807, 2.05) is 19.1 Å². The summed E-state index contributed by atoms with van der Waals surface area (Å²) in [6.07, 6.45) is 1.76. The average molecular weight is 427 g/mol. The van der Waals surface area contributed by atoms with Crippen LogP contribution in [-0.4, -0.2) is 13.7 Å². The fraction of sp³-hybridized carbons (Fsp3) is 0.167. The van der Waals surface area contributed by atoms with Crippen molar-refractivity contribution in [3.8, 4) is 17.6 Å². The molecule has 0 radical (unpaired) electrons. The molecule has 0 fully saturated rings. The molecule has 0 aliphatic carbocycles. The minimum atomic E-state index is 0.404. The third kappa shape index (κ3) is 4.24. The van der Waals surface area contributed by atoms with Crippen molar-refractivity contribution in [2.24, 2.45) is 0 Å². The van der Waals surface area contributed by atoms with E-state index >= 15 is 0 Å². The lowest BCUT2D eigenvalue weighted by Gasteiger charge is -2.12. The number of ether oxygens (including phenoxy) is 2. The molecular weight excluding hydrogens is 413 g/mol. The maximum Gasteiger partial charge on any atom is 0.174 e. The Balaban J connectivity index is 2.51. The summed E-state index contributed by atoms with van der Waals surface area (Å²) in [6.45, 7) is 2.40. The predicted molar refractivity (Wildman–Crippen MR) is 102 cm³/mol. The summed E-state index contributed by atoms with van der Waals surface area (Å²) in [5, 5.41) is 10.3. The minimum Gasteiger partial charge on any atom is -0.492 e. The van der Waals surface area contributed by atoms with Crippen molar-refractivity contribution < 1.29 is 9.47 Å². The van der Waals surface area contributed by atoms with Crippen molar-refractivity contribution in [3.05, 3.63) is 56.0 Å². The molecule has 0 aromatic heterocycles. The number of rotatable bonds is 5. The van der Waals surface area contributed by atoms with Crippen LogP contribution < -0.4 is 9.47 Å². The maximum absolute atomic E-state index is 9.48. The van der Waals surface area contributed by atoms with E-state index in [9.17, 15) is 5.26 Å². The van der Waals surface area contributed by atoms with Crippen molar-refractivity contribution >= 4 is 50.8 Å². The van der Waals surface area contributed by atoms with Gasteiger partial charge in [-0.1, -0.05) is 29.3 Å². The first-order valence-corrected chi connectivity index (χ1v) is 8.62. The number of hydrogen-bond acceptors (Lipinski definition) is 3. The average Bonchev–Trinajstić information content (AvgIpc) is 2.55. The molecule has 0 amide bonds. The predicted octanol–water partition coefficient (Wildman–Crippen LogP) is 6.23. The van der Waals surface area contributed by atoms with Crippen molar-refractivity contribution in [2.45, 2.75) is 6.92 Å². The molecule has 0 heterocycles. The molecular formula is C18H14BrCl2NO2. The zero-order chi connectivity index (χ0) is 17.7. The maximum atomic E-state index is 9.48. The van der Waals surface area contributed by atoms with Crippen LogP contribution in [0.3, 0.4) is 0 Å². The van der Waals surface area contributed by atoms with Crippen LogP contribution in [0.1, 0.15) is 18.1 Å². The first-order chi connectivity index (χ1) is 11.5. The Labute approximate surface area is 159 Å². The van der Waals surface area contributed by atoms with Crippen LogP contribution in [0.15, 0.2) is 34.8 Å². The fourth-order valence-corrected chi connectivity index (χ4v) is 3.06. The Kier molecular flexibility index (Phi) is 6.56. The highest BCUT2D eigenvalue weighted by Crippen LogP contribution is 2.37. The lowest BCUT2D eigenvalue weighted by molar-refractivity contribution is 0.310. The third-order valence-electron chi connectivity index (χ3n) is 3.20. The zero-order valence-corrected chi connectivity index (χ0v) is 16.2. The lowest BCUT2D eigenvalue weighted by atomic mass is 10.0. The molecule has 0 aliphatic rings. The summed E-state index contributed by atoms with van der Waals surface area (Å²) < 4.78 is 11.7. The number of allylic oxidation sites excluding steroid dienone is 1. The second-order valence-electron chi connectivity index (χ2n) is 4.77. The van der Waals surface area contributed by atoms with E-state index in [1.54, 1.807) is 31.4 Å². The number of nitrogens with zero attached hydrogens (tertiary/aromatic N) is 1. The molecule has 0 N–H and O–H groups in total. The summed E-state index contributed by atoms with van der Waals surface area (Å²) in [4.78, 5) is 0. The second-order valence-corrected chi connectivity index (χ2v) is 6.43. The quantitative estimate of drug-likeness (QED) is 0.420. The van der Waals surface area contributed by atoms with Crippen molar-refractivity contribution in [3.63, 3.8) is 0 Å². The van der Waals surface area contributed by atoms with Crippen LogP contribution in [0.5, 0.6) is 11.5 Å². The first-order valence-electron chi connectivity index (χ1n) is 7.07. The van der Waals surface area contributed by atoms with Crippen LogP contribution in [0.2, 0.25) is 10.0 Å². The van der Waals surface area contributed by atoms with Gasteiger partial charge in [-0.3, -0.25) is 0 Å². The van der Waals surface area contributed by atoms with Crippen LogP contribution in [0.25, 0.3) is 11.6 Å². The van der Waals surface area contributed by atoms with Crippen LogP contribution in [0, 0.1) is 11.3 Å². The van der Waals surface area contributed by atoms with Gasteiger partial charge in [0.05, 0.1) is 39.9 Å². The molecule has 3 nitrogen and oxygen atoms in total. The molecule has 124 valence electrons.